The van der Waals surface area contributed by atoms with Gasteiger partial charge in [0.1, 0.15) is 0 Å². The first kappa shape index (κ1) is 18.9. The van der Waals surface area contributed by atoms with Crippen LogP contribution in [0.4, 0.5) is 5.69 Å². The van der Waals surface area contributed by atoms with Crippen LogP contribution in [0.15, 0.2) is 82.5 Å². The molecule has 0 radical (unpaired) electrons. The predicted octanol–water partition coefficient (Wildman–Crippen LogP) is 3.64. The number of nitrogens with one attached hydrogen (secondary N) is 1. The lowest BCUT2D eigenvalue weighted by molar-refractivity contribution is 0.0678. The summed E-state index contributed by atoms with van der Waals surface area (Å²) in [5.74, 6) is -0.0853. The van der Waals surface area contributed by atoms with E-state index in [0.29, 0.717) is 12.1 Å². The third-order valence-corrected chi connectivity index (χ3v) is 5.16. The van der Waals surface area contributed by atoms with E-state index in [4.69, 9.17) is 4.42 Å². The van der Waals surface area contributed by atoms with Crippen LogP contribution in [0.5, 0.6) is 0 Å². The number of hydrogen-bond donors (Lipinski definition) is 1. The second kappa shape index (κ2) is 7.56. The molecule has 2 heterocycles. The van der Waals surface area contributed by atoms with Gasteiger partial charge in [-0.05, 0) is 35.4 Å². The largest absolute Gasteiger partial charge is 0.459 e. The van der Waals surface area contributed by atoms with Gasteiger partial charge in [0.05, 0.1) is 24.3 Å². The SMILES string of the molecule is CS(=O)(=O)Nc1ccc(C2=NN(C(=O)c3ccco3)[C@H](c3ccccc3)C2)cc1. The number of hydrogen-bond acceptors (Lipinski definition) is 5. The summed E-state index contributed by atoms with van der Waals surface area (Å²) in [6, 6.07) is 19.6. The van der Waals surface area contributed by atoms with E-state index in [2.05, 4.69) is 9.82 Å². The van der Waals surface area contributed by atoms with Crippen LogP contribution in [0.2, 0.25) is 0 Å². The van der Waals surface area contributed by atoms with Crippen LogP contribution < -0.4 is 4.72 Å². The lowest BCUT2D eigenvalue weighted by Gasteiger charge is -2.21. The molecule has 0 spiro atoms. The molecule has 1 aliphatic rings. The molecule has 7 nitrogen and oxygen atoms in total. The van der Waals surface area contributed by atoms with E-state index in [1.807, 2.05) is 30.3 Å². The van der Waals surface area contributed by atoms with Crippen LogP contribution in [-0.2, 0) is 10.0 Å². The molecule has 0 fully saturated rings. The molecule has 0 bridgehead atoms. The molecular formula is C21H19N3O4S. The van der Waals surface area contributed by atoms with Gasteiger partial charge >= 0.3 is 5.91 Å². The maximum absolute atomic E-state index is 12.9. The van der Waals surface area contributed by atoms with Crippen molar-refractivity contribution in [3.63, 3.8) is 0 Å². The van der Waals surface area contributed by atoms with E-state index in [1.165, 1.54) is 11.3 Å². The van der Waals surface area contributed by atoms with Crippen LogP contribution in [-0.4, -0.2) is 31.3 Å². The molecule has 148 valence electrons. The number of furan rings is 1. The van der Waals surface area contributed by atoms with Crippen molar-refractivity contribution in [2.75, 3.05) is 11.0 Å². The monoisotopic (exact) mass is 409 g/mol. The van der Waals surface area contributed by atoms with Gasteiger partial charge in [-0.1, -0.05) is 42.5 Å². The average molecular weight is 409 g/mol. The number of rotatable bonds is 5. The number of carbonyl (C=O) groups is 1. The van der Waals surface area contributed by atoms with Crippen molar-refractivity contribution in [2.45, 2.75) is 12.5 Å². The highest BCUT2D eigenvalue weighted by molar-refractivity contribution is 7.92. The number of amides is 1. The molecule has 2 aromatic carbocycles. The fourth-order valence-electron chi connectivity index (χ4n) is 3.26. The molecule has 0 saturated heterocycles. The zero-order valence-electron chi connectivity index (χ0n) is 15.6. The highest BCUT2D eigenvalue weighted by Gasteiger charge is 2.34. The van der Waals surface area contributed by atoms with Crippen molar-refractivity contribution in [1.29, 1.82) is 0 Å². The quantitative estimate of drug-likeness (QED) is 0.696. The fraction of sp³-hybridized carbons (Fsp3) is 0.143. The third kappa shape index (κ3) is 4.22. The van der Waals surface area contributed by atoms with Crippen molar-refractivity contribution in [3.05, 3.63) is 89.9 Å². The molecule has 1 atom stereocenters. The van der Waals surface area contributed by atoms with Crippen LogP contribution in [0.3, 0.4) is 0 Å². The lowest BCUT2D eigenvalue weighted by atomic mass is 9.98. The minimum absolute atomic E-state index is 0.226. The first-order valence-electron chi connectivity index (χ1n) is 8.98. The summed E-state index contributed by atoms with van der Waals surface area (Å²) >= 11 is 0. The summed E-state index contributed by atoms with van der Waals surface area (Å²) in [6.45, 7) is 0. The van der Waals surface area contributed by atoms with E-state index < -0.39 is 10.0 Å². The Morgan fingerprint density at radius 1 is 1.07 bits per heavy atom. The Labute approximate surface area is 168 Å². The summed E-state index contributed by atoms with van der Waals surface area (Å²) < 4.78 is 30.5. The second-order valence-electron chi connectivity index (χ2n) is 6.76. The lowest BCUT2D eigenvalue weighted by Crippen LogP contribution is -2.26. The first-order chi connectivity index (χ1) is 13.9. The fourth-order valence-corrected chi connectivity index (χ4v) is 3.83. The molecule has 0 saturated carbocycles. The molecular weight excluding hydrogens is 390 g/mol. The number of anilines is 1. The molecule has 4 rings (SSSR count). The molecule has 1 aliphatic heterocycles. The van der Waals surface area contributed by atoms with Gasteiger partial charge in [-0.3, -0.25) is 9.52 Å². The van der Waals surface area contributed by atoms with E-state index in [1.54, 1.807) is 36.4 Å². The number of sulfonamides is 1. The summed E-state index contributed by atoms with van der Waals surface area (Å²) in [4.78, 5) is 12.9. The van der Waals surface area contributed by atoms with Crippen LogP contribution in [0.1, 0.15) is 34.1 Å². The maximum Gasteiger partial charge on any atom is 0.310 e. The van der Waals surface area contributed by atoms with Gasteiger partial charge in [0.25, 0.3) is 0 Å². The van der Waals surface area contributed by atoms with E-state index in [-0.39, 0.29) is 17.7 Å². The van der Waals surface area contributed by atoms with Crippen LogP contribution >= 0.6 is 0 Å². The molecule has 29 heavy (non-hydrogen) atoms. The molecule has 1 N–H and O–H groups in total. The Balaban J connectivity index is 1.65. The number of nitrogens with zero attached hydrogens (tertiary/aromatic N) is 2. The number of carbonyl (C=O) groups excluding carboxylic acids is 1. The highest BCUT2D eigenvalue weighted by Crippen LogP contribution is 2.34. The van der Waals surface area contributed by atoms with Crippen LogP contribution in [0, 0.1) is 0 Å². The smallest absolute Gasteiger partial charge is 0.310 e. The highest BCUT2D eigenvalue weighted by atomic mass is 32.2. The predicted molar refractivity (Wildman–Crippen MR) is 110 cm³/mol. The van der Waals surface area contributed by atoms with Gasteiger partial charge in [0.15, 0.2) is 5.76 Å². The first-order valence-corrected chi connectivity index (χ1v) is 10.9. The summed E-state index contributed by atoms with van der Waals surface area (Å²) in [5, 5.41) is 6.03. The topological polar surface area (TPSA) is 92.0 Å². The Hall–Kier alpha value is -3.39. The molecule has 8 heteroatoms. The van der Waals surface area contributed by atoms with Crippen molar-refractivity contribution >= 4 is 27.3 Å². The summed E-state index contributed by atoms with van der Waals surface area (Å²) in [5.41, 5.74) is 3.00. The van der Waals surface area contributed by atoms with Gasteiger partial charge in [0, 0.05) is 12.1 Å². The Morgan fingerprint density at radius 3 is 2.41 bits per heavy atom. The zero-order chi connectivity index (χ0) is 20.4. The minimum Gasteiger partial charge on any atom is -0.459 e. The standard InChI is InChI=1S/C21H19N3O4S/c1-29(26,27)23-17-11-9-15(10-12-17)18-14-19(16-6-3-2-4-7-16)24(22-18)21(25)20-8-5-13-28-20/h2-13,19,23H,14H2,1H3/t19-/m0/s1. The average Bonchev–Trinajstić information content (AvgIpc) is 3.38. The summed E-state index contributed by atoms with van der Waals surface area (Å²) in [6.07, 6.45) is 3.10. The van der Waals surface area contributed by atoms with Crippen molar-refractivity contribution < 1.29 is 17.6 Å². The van der Waals surface area contributed by atoms with Crippen molar-refractivity contribution in [3.8, 4) is 0 Å². The molecule has 0 aliphatic carbocycles. The number of hydrazone groups is 1. The Morgan fingerprint density at radius 2 is 1.79 bits per heavy atom. The minimum atomic E-state index is -3.34. The molecule has 3 aromatic rings. The van der Waals surface area contributed by atoms with Gasteiger partial charge < -0.3 is 4.42 Å². The summed E-state index contributed by atoms with van der Waals surface area (Å²) in [7, 11) is -3.34. The van der Waals surface area contributed by atoms with Gasteiger partial charge in [0.2, 0.25) is 10.0 Å². The molecule has 1 aromatic heterocycles. The number of benzene rings is 2. The van der Waals surface area contributed by atoms with Gasteiger partial charge in [-0.25, -0.2) is 13.4 Å². The Bertz CT molecular complexity index is 1140. The van der Waals surface area contributed by atoms with Crippen molar-refractivity contribution in [1.82, 2.24) is 5.01 Å². The van der Waals surface area contributed by atoms with E-state index >= 15 is 0 Å². The van der Waals surface area contributed by atoms with Crippen LogP contribution in [0.25, 0.3) is 0 Å². The van der Waals surface area contributed by atoms with Gasteiger partial charge in [-0.15, -0.1) is 0 Å². The van der Waals surface area contributed by atoms with Gasteiger partial charge in [-0.2, -0.15) is 5.10 Å². The second-order valence-corrected chi connectivity index (χ2v) is 8.50. The normalized spacial score (nSPS) is 16.5. The maximum atomic E-state index is 12.9. The van der Waals surface area contributed by atoms with E-state index in [9.17, 15) is 13.2 Å². The third-order valence-electron chi connectivity index (χ3n) is 4.56. The molecule has 1 amide bonds. The van der Waals surface area contributed by atoms with E-state index in [0.717, 1.165) is 23.1 Å². The van der Waals surface area contributed by atoms with Crippen molar-refractivity contribution in [2.24, 2.45) is 5.10 Å². The molecule has 0 unspecified atom stereocenters. The zero-order valence-corrected chi connectivity index (χ0v) is 16.5. The Kier molecular flexibility index (Phi) is 4.94.